The van der Waals surface area contributed by atoms with Crippen molar-refractivity contribution in [2.75, 3.05) is 13.2 Å². The number of aliphatic hydroxyl groups is 2. The first kappa shape index (κ1) is 10.7. The van der Waals surface area contributed by atoms with Gasteiger partial charge in [-0.15, -0.1) is 11.8 Å². The lowest BCUT2D eigenvalue weighted by Crippen LogP contribution is -2.40. The van der Waals surface area contributed by atoms with Gasteiger partial charge in [0.2, 0.25) is 6.35 Å². The number of amidine groups is 1. The number of ether oxygens (including phenoxy) is 1. The molecule has 15 heavy (non-hydrogen) atoms. The fourth-order valence-corrected chi connectivity index (χ4v) is 2.49. The number of thioether (sulfide) groups is 1. The van der Waals surface area contributed by atoms with Crippen LogP contribution in [0.4, 0.5) is 0 Å². The van der Waals surface area contributed by atoms with Crippen molar-refractivity contribution in [3.63, 3.8) is 0 Å². The fourth-order valence-electron chi connectivity index (χ4n) is 1.42. The van der Waals surface area contributed by atoms with Crippen molar-refractivity contribution in [3.05, 3.63) is 12.3 Å². The van der Waals surface area contributed by atoms with Crippen LogP contribution in [0, 0.1) is 0 Å². The Bertz CT molecular complexity index is 297. The number of hydrogen-bond donors (Lipinski definition) is 3. The van der Waals surface area contributed by atoms with Crippen molar-refractivity contribution >= 4 is 17.6 Å². The van der Waals surface area contributed by atoms with Crippen LogP contribution >= 0.6 is 11.8 Å². The molecule has 0 aromatic heterocycles. The van der Waals surface area contributed by atoms with Gasteiger partial charge in [-0.3, -0.25) is 0 Å². The standard InChI is InChI=1S/C8H13N3O3S/c9-5-1-2-11(8(13)10-5)6-4-14-7(3-12)15-6/h1-2,6-8,12-13H,3-4H2,(H2,9,10)/t6-,7-,8?/m1/s1. The number of nitrogens with two attached hydrogens (primary N) is 1. The third kappa shape index (κ3) is 2.25. The minimum absolute atomic E-state index is 0.0276. The van der Waals surface area contributed by atoms with Crippen LogP contribution in [0.2, 0.25) is 0 Å². The van der Waals surface area contributed by atoms with Crippen LogP contribution in [0.25, 0.3) is 0 Å². The summed E-state index contributed by atoms with van der Waals surface area (Å²) >= 11 is 1.45. The molecule has 2 rings (SSSR count). The molecule has 0 aliphatic carbocycles. The topological polar surface area (TPSA) is 91.3 Å². The summed E-state index contributed by atoms with van der Waals surface area (Å²) in [6.07, 6.45) is 2.35. The van der Waals surface area contributed by atoms with Crippen LogP contribution in [-0.4, -0.2) is 51.3 Å². The number of nitrogens with zero attached hydrogens (tertiary/aromatic N) is 2. The van der Waals surface area contributed by atoms with E-state index in [1.54, 1.807) is 17.2 Å². The molecule has 7 heteroatoms. The second kappa shape index (κ2) is 4.40. The molecule has 2 heterocycles. The van der Waals surface area contributed by atoms with Crippen molar-refractivity contribution in [3.8, 4) is 0 Å². The lowest BCUT2D eigenvalue weighted by molar-refractivity contribution is 0.0125. The molecule has 1 saturated heterocycles. The van der Waals surface area contributed by atoms with Crippen molar-refractivity contribution in [1.82, 2.24) is 4.90 Å². The van der Waals surface area contributed by atoms with E-state index in [1.165, 1.54) is 11.8 Å². The summed E-state index contributed by atoms with van der Waals surface area (Å²) in [5, 5.41) is 18.5. The first-order valence-corrected chi connectivity index (χ1v) is 5.50. The molecule has 84 valence electrons. The SMILES string of the molecule is NC1=NC(O)N([C@H]2CO[C@@H](CO)S2)C=C1. The smallest absolute Gasteiger partial charge is 0.228 e. The van der Waals surface area contributed by atoms with Crippen LogP contribution < -0.4 is 5.73 Å². The Morgan fingerprint density at radius 3 is 3.13 bits per heavy atom. The number of rotatable bonds is 2. The van der Waals surface area contributed by atoms with Gasteiger partial charge in [0.25, 0.3) is 0 Å². The van der Waals surface area contributed by atoms with E-state index in [9.17, 15) is 5.11 Å². The van der Waals surface area contributed by atoms with E-state index < -0.39 is 6.35 Å². The summed E-state index contributed by atoms with van der Waals surface area (Å²) in [5.41, 5.74) is 5.21. The van der Waals surface area contributed by atoms with Gasteiger partial charge in [0.15, 0.2) is 0 Å². The molecular formula is C8H13N3O3S. The molecule has 3 atom stereocenters. The normalized spacial score (nSPS) is 35.7. The first-order chi connectivity index (χ1) is 7.20. The Hall–Kier alpha value is -0.760. The zero-order valence-corrected chi connectivity index (χ0v) is 8.80. The third-order valence-corrected chi connectivity index (χ3v) is 3.45. The maximum atomic E-state index is 9.63. The summed E-state index contributed by atoms with van der Waals surface area (Å²) in [4.78, 5) is 5.47. The maximum absolute atomic E-state index is 9.63. The van der Waals surface area contributed by atoms with Crippen LogP contribution in [0.15, 0.2) is 17.3 Å². The molecule has 0 saturated carbocycles. The highest BCUT2D eigenvalue weighted by atomic mass is 32.2. The largest absolute Gasteiger partial charge is 0.393 e. The van der Waals surface area contributed by atoms with Gasteiger partial charge >= 0.3 is 0 Å². The molecule has 6 nitrogen and oxygen atoms in total. The Balaban J connectivity index is 1.98. The van der Waals surface area contributed by atoms with Crippen LogP contribution in [0.5, 0.6) is 0 Å². The van der Waals surface area contributed by atoms with Gasteiger partial charge in [-0.05, 0) is 6.08 Å². The molecule has 0 bridgehead atoms. The van der Waals surface area contributed by atoms with Crippen molar-refractivity contribution in [2.45, 2.75) is 17.2 Å². The second-order valence-electron chi connectivity index (χ2n) is 3.20. The Labute approximate surface area is 91.4 Å². The molecule has 0 aromatic rings. The van der Waals surface area contributed by atoms with E-state index in [4.69, 9.17) is 15.6 Å². The number of hydrogen-bond acceptors (Lipinski definition) is 7. The van der Waals surface area contributed by atoms with Gasteiger partial charge in [0.05, 0.1) is 13.2 Å². The van der Waals surface area contributed by atoms with E-state index in [1.807, 2.05) is 0 Å². The monoisotopic (exact) mass is 231 g/mol. The zero-order valence-electron chi connectivity index (χ0n) is 7.98. The van der Waals surface area contributed by atoms with E-state index in [0.717, 1.165) is 0 Å². The predicted octanol–water partition coefficient (Wildman–Crippen LogP) is -1.14. The summed E-state index contributed by atoms with van der Waals surface area (Å²) in [5.74, 6) is 0.307. The van der Waals surface area contributed by atoms with Gasteiger partial charge < -0.3 is 25.6 Å². The van der Waals surface area contributed by atoms with Crippen molar-refractivity contribution < 1.29 is 14.9 Å². The highest BCUT2D eigenvalue weighted by Crippen LogP contribution is 2.31. The minimum Gasteiger partial charge on any atom is -0.393 e. The molecule has 0 radical (unpaired) electrons. The Kier molecular flexibility index (Phi) is 3.15. The number of aliphatic hydroxyl groups excluding tert-OH is 2. The van der Waals surface area contributed by atoms with E-state index in [2.05, 4.69) is 4.99 Å². The number of aliphatic imine (C=N–C) groups is 1. The van der Waals surface area contributed by atoms with E-state index >= 15 is 0 Å². The Morgan fingerprint density at radius 2 is 2.53 bits per heavy atom. The molecule has 0 amide bonds. The van der Waals surface area contributed by atoms with E-state index in [0.29, 0.717) is 12.4 Å². The quantitative estimate of drug-likeness (QED) is 0.556. The summed E-state index contributed by atoms with van der Waals surface area (Å²) in [7, 11) is 0. The molecule has 4 N–H and O–H groups in total. The molecule has 2 aliphatic rings. The molecule has 1 fully saturated rings. The molecule has 0 aromatic carbocycles. The third-order valence-electron chi connectivity index (χ3n) is 2.16. The van der Waals surface area contributed by atoms with E-state index in [-0.39, 0.29) is 17.4 Å². The molecule has 2 aliphatic heterocycles. The fraction of sp³-hybridized carbons (Fsp3) is 0.625. The van der Waals surface area contributed by atoms with Gasteiger partial charge in [-0.25, -0.2) is 4.99 Å². The maximum Gasteiger partial charge on any atom is 0.228 e. The van der Waals surface area contributed by atoms with Crippen LogP contribution in [0.1, 0.15) is 0 Å². The summed E-state index contributed by atoms with van der Waals surface area (Å²) < 4.78 is 5.29. The highest BCUT2D eigenvalue weighted by molar-refractivity contribution is 8.00. The second-order valence-corrected chi connectivity index (χ2v) is 4.54. The van der Waals surface area contributed by atoms with Crippen LogP contribution in [0.3, 0.4) is 0 Å². The lowest BCUT2D eigenvalue weighted by atomic mass is 10.4. The van der Waals surface area contributed by atoms with Crippen molar-refractivity contribution in [1.29, 1.82) is 0 Å². The minimum atomic E-state index is -0.964. The first-order valence-electron chi connectivity index (χ1n) is 4.55. The molecule has 0 spiro atoms. The average molecular weight is 231 g/mol. The molecular weight excluding hydrogens is 218 g/mol. The zero-order chi connectivity index (χ0) is 10.8. The summed E-state index contributed by atoms with van der Waals surface area (Å²) in [6, 6.07) is 0. The Morgan fingerprint density at radius 1 is 1.73 bits per heavy atom. The predicted molar refractivity (Wildman–Crippen MR) is 56.8 cm³/mol. The lowest BCUT2D eigenvalue weighted by Gasteiger charge is -2.30. The highest BCUT2D eigenvalue weighted by Gasteiger charge is 2.32. The summed E-state index contributed by atoms with van der Waals surface area (Å²) in [6.45, 7) is 0.424. The van der Waals surface area contributed by atoms with Gasteiger partial charge in [0.1, 0.15) is 16.6 Å². The van der Waals surface area contributed by atoms with Crippen molar-refractivity contribution in [2.24, 2.45) is 10.7 Å². The van der Waals surface area contributed by atoms with Gasteiger partial charge in [-0.2, -0.15) is 0 Å². The average Bonchev–Trinajstić information content (AvgIpc) is 2.66. The van der Waals surface area contributed by atoms with Crippen LogP contribution in [-0.2, 0) is 4.74 Å². The van der Waals surface area contributed by atoms with Gasteiger partial charge in [-0.1, -0.05) is 0 Å². The molecule has 1 unspecified atom stereocenters. The van der Waals surface area contributed by atoms with Gasteiger partial charge in [0, 0.05) is 6.20 Å².